The van der Waals surface area contributed by atoms with E-state index in [9.17, 15) is 0 Å². The molecule has 1 nitrogen and oxygen atoms in total. The summed E-state index contributed by atoms with van der Waals surface area (Å²) in [5.41, 5.74) is 0. The molecule has 0 fully saturated rings. The van der Waals surface area contributed by atoms with Gasteiger partial charge in [0.1, 0.15) is 19.6 Å². The third-order valence-electron chi connectivity index (χ3n) is 4.66. The topological polar surface area (TPSA) is 9.23 Å². The van der Waals surface area contributed by atoms with Crippen LogP contribution in [-0.2, 0) is 0 Å². The van der Waals surface area contributed by atoms with E-state index in [-0.39, 0.29) is 0 Å². The van der Waals surface area contributed by atoms with Gasteiger partial charge >= 0.3 is 0 Å². The summed E-state index contributed by atoms with van der Waals surface area (Å²) in [4.78, 5) is 0. The number of benzene rings is 2. The molecule has 0 amide bonds. The Hall–Kier alpha value is -1.11. The van der Waals surface area contributed by atoms with E-state index in [2.05, 4.69) is 75.7 Å². The van der Waals surface area contributed by atoms with Gasteiger partial charge in [-0.25, -0.2) is 0 Å². The summed E-state index contributed by atoms with van der Waals surface area (Å²) in [5, 5.41) is 5.85. The summed E-state index contributed by atoms with van der Waals surface area (Å²) >= 11 is 0. The van der Waals surface area contributed by atoms with Crippen molar-refractivity contribution in [1.29, 1.82) is 0 Å². The number of hydrogen-bond acceptors (Lipinski definition) is 1. The van der Waals surface area contributed by atoms with Crippen molar-refractivity contribution < 1.29 is 4.74 Å². The largest absolute Gasteiger partial charge is 0.458 e. The van der Waals surface area contributed by atoms with Crippen molar-refractivity contribution in [3.63, 3.8) is 0 Å². The second kappa shape index (κ2) is 5.51. The molecule has 0 bridgehead atoms. The summed E-state index contributed by atoms with van der Waals surface area (Å²) in [6, 6.07) is 13.6. The van der Waals surface area contributed by atoms with Crippen LogP contribution in [0.4, 0.5) is 0 Å². The first-order valence-electron chi connectivity index (χ1n) is 7.90. The van der Waals surface area contributed by atoms with Crippen molar-refractivity contribution in [2.75, 3.05) is 0 Å². The molecular formula is C18H24OSi3. The lowest BCUT2D eigenvalue weighted by Gasteiger charge is -2.36. The Morgan fingerprint density at radius 1 is 0.727 bits per heavy atom. The average molecular weight is 341 g/mol. The molecule has 0 spiro atoms. The molecule has 2 radical (unpaired) electrons. The number of ether oxygens (including phenoxy) is 1. The van der Waals surface area contributed by atoms with Crippen LogP contribution in [0.3, 0.4) is 0 Å². The van der Waals surface area contributed by atoms with Crippen molar-refractivity contribution in [1.82, 2.24) is 0 Å². The van der Waals surface area contributed by atoms with E-state index in [4.69, 9.17) is 4.74 Å². The Morgan fingerprint density at radius 3 is 1.50 bits per heavy atom. The van der Waals surface area contributed by atoms with E-state index in [1.807, 2.05) is 0 Å². The molecule has 0 aliphatic carbocycles. The van der Waals surface area contributed by atoms with Gasteiger partial charge < -0.3 is 4.74 Å². The summed E-state index contributed by atoms with van der Waals surface area (Å²) in [7, 11) is -2.74. The van der Waals surface area contributed by atoms with E-state index in [0.717, 1.165) is 0 Å². The normalized spacial score (nSPS) is 15.5. The zero-order valence-electron chi connectivity index (χ0n) is 14.4. The molecule has 0 saturated carbocycles. The second-order valence-corrected chi connectivity index (χ2v) is 16.5. The number of fused-ring (bicyclic) bond motifs is 2. The highest BCUT2D eigenvalue weighted by atomic mass is 28.3. The van der Waals surface area contributed by atoms with Crippen LogP contribution in [0, 0.1) is 0 Å². The standard InChI is InChI=1S/C18H24OSi3/c1-20(2)13-9-7-11-15-17(13)19-18-14(21(3)4)10-8-12-16(18)22(15,5)6/h7-12H,1-6H3. The molecule has 4 heteroatoms. The molecule has 1 heterocycles. The first kappa shape index (κ1) is 15.8. The van der Waals surface area contributed by atoms with E-state index < -0.39 is 25.7 Å². The van der Waals surface area contributed by atoms with Gasteiger partial charge in [0.05, 0.1) is 17.6 Å². The lowest BCUT2D eigenvalue weighted by molar-refractivity contribution is 0.494. The van der Waals surface area contributed by atoms with Crippen molar-refractivity contribution in [3.05, 3.63) is 36.4 Å². The lowest BCUT2D eigenvalue weighted by Crippen LogP contribution is -2.59. The van der Waals surface area contributed by atoms with Crippen LogP contribution in [-0.4, -0.2) is 25.7 Å². The molecule has 2 aromatic rings. The van der Waals surface area contributed by atoms with Gasteiger partial charge in [-0.15, -0.1) is 0 Å². The molecular weight excluding hydrogens is 316 g/mol. The van der Waals surface area contributed by atoms with E-state index in [1.54, 1.807) is 0 Å². The maximum atomic E-state index is 6.58. The van der Waals surface area contributed by atoms with Gasteiger partial charge in [0.15, 0.2) is 0 Å². The van der Waals surface area contributed by atoms with Crippen LogP contribution in [0.1, 0.15) is 0 Å². The van der Waals surface area contributed by atoms with Gasteiger partial charge in [-0.2, -0.15) is 0 Å². The molecule has 0 aromatic heterocycles. The quantitative estimate of drug-likeness (QED) is 0.764. The average Bonchev–Trinajstić information content (AvgIpc) is 2.46. The zero-order chi connectivity index (χ0) is 16.1. The minimum atomic E-state index is -1.68. The van der Waals surface area contributed by atoms with Gasteiger partial charge in [0, 0.05) is 0 Å². The first-order valence-corrected chi connectivity index (χ1v) is 15.9. The van der Waals surface area contributed by atoms with Crippen molar-refractivity contribution in [2.24, 2.45) is 0 Å². The molecule has 114 valence electrons. The fourth-order valence-electron chi connectivity index (χ4n) is 3.31. The Balaban J connectivity index is 2.29. The third kappa shape index (κ3) is 2.33. The molecule has 1 aliphatic heterocycles. The highest BCUT2D eigenvalue weighted by Crippen LogP contribution is 2.27. The van der Waals surface area contributed by atoms with Gasteiger partial charge in [-0.1, -0.05) is 75.7 Å². The van der Waals surface area contributed by atoms with Crippen LogP contribution in [0.25, 0.3) is 0 Å². The molecule has 22 heavy (non-hydrogen) atoms. The minimum absolute atomic E-state index is 0.531. The monoisotopic (exact) mass is 340 g/mol. The summed E-state index contributed by atoms with van der Waals surface area (Å²) in [6.07, 6.45) is 0. The third-order valence-corrected chi connectivity index (χ3v) is 11.1. The fourth-order valence-corrected chi connectivity index (χ4v) is 8.52. The van der Waals surface area contributed by atoms with Gasteiger partial charge in [-0.05, 0) is 20.7 Å². The minimum Gasteiger partial charge on any atom is -0.458 e. The van der Waals surface area contributed by atoms with Crippen LogP contribution < -0.4 is 25.5 Å². The Kier molecular flexibility index (Phi) is 3.95. The zero-order valence-corrected chi connectivity index (χ0v) is 17.4. The molecule has 0 saturated heterocycles. The van der Waals surface area contributed by atoms with E-state index >= 15 is 0 Å². The molecule has 0 atom stereocenters. The molecule has 3 rings (SSSR count). The number of rotatable bonds is 2. The Bertz CT molecular complexity index is 661. The maximum absolute atomic E-state index is 6.58. The summed E-state index contributed by atoms with van der Waals surface area (Å²) in [6.45, 7) is 14.4. The van der Waals surface area contributed by atoms with Crippen molar-refractivity contribution in [3.8, 4) is 11.5 Å². The van der Waals surface area contributed by atoms with Crippen LogP contribution in [0.5, 0.6) is 11.5 Å². The molecule has 0 N–H and O–H groups in total. The highest BCUT2D eigenvalue weighted by molar-refractivity contribution is 7.02. The maximum Gasteiger partial charge on any atom is 0.126 e. The van der Waals surface area contributed by atoms with Crippen molar-refractivity contribution in [2.45, 2.75) is 39.3 Å². The predicted octanol–water partition coefficient (Wildman–Crippen LogP) is 2.54. The molecule has 1 aliphatic rings. The van der Waals surface area contributed by atoms with Crippen LogP contribution >= 0.6 is 0 Å². The van der Waals surface area contributed by atoms with Gasteiger partial charge in [-0.3, -0.25) is 0 Å². The fraction of sp³-hybridized carbons (Fsp3) is 0.333. The van der Waals surface area contributed by atoms with Crippen LogP contribution in [0.2, 0.25) is 39.3 Å². The predicted molar refractivity (Wildman–Crippen MR) is 104 cm³/mol. The van der Waals surface area contributed by atoms with E-state index in [1.165, 1.54) is 32.2 Å². The number of para-hydroxylation sites is 2. The number of hydrogen-bond donors (Lipinski definition) is 0. The van der Waals surface area contributed by atoms with Gasteiger partial charge in [0.2, 0.25) is 0 Å². The Labute approximate surface area is 138 Å². The van der Waals surface area contributed by atoms with E-state index in [0.29, 0.717) is 0 Å². The Morgan fingerprint density at radius 2 is 1.14 bits per heavy atom. The van der Waals surface area contributed by atoms with Gasteiger partial charge in [0.25, 0.3) is 0 Å². The smallest absolute Gasteiger partial charge is 0.126 e. The summed E-state index contributed by atoms with van der Waals surface area (Å²) in [5.74, 6) is 2.39. The summed E-state index contributed by atoms with van der Waals surface area (Å²) < 4.78 is 6.58. The first-order chi connectivity index (χ1) is 10.3. The van der Waals surface area contributed by atoms with Crippen molar-refractivity contribution >= 4 is 46.4 Å². The second-order valence-electron chi connectivity index (χ2n) is 7.09. The lowest BCUT2D eigenvalue weighted by atomic mass is 10.3. The SMILES string of the molecule is C[Si](C)c1cccc2c1Oc1c([Si](C)C)cccc1[Si]2(C)C. The molecule has 0 unspecified atom stereocenters. The van der Waals surface area contributed by atoms with Crippen LogP contribution in [0.15, 0.2) is 36.4 Å². The molecule has 2 aromatic carbocycles. The highest BCUT2D eigenvalue weighted by Gasteiger charge is 2.38.